The molecule has 1 aromatic rings. The lowest BCUT2D eigenvalue weighted by atomic mass is 9.96. The molecule has 3 heterocycles. The Labute approximate surface area is 134 Å². The third-order valence-corrected chi connectivity index (χ3v) is 5.79. The van der Waals surface area contributed by atoms with Crippen molar-refractivity contribution in [2.45, 2.75) is 4.90 Å². The minimum Gasteiger partial charge on any atom is -0.378 e. The van der Waals surface area contributed by atoms with Crippen molar-refractivity contribution in [2.75, 3.05) is 39.4 Å². The average Bonchev–Trinajstić information content (AvgIpc) is 2.79. The number of likely N-dealkylation sites (tertiary alicyclic amines) is 1. The van der Waals surface area contributed by atoms with Crippen LogP contribution in [0.4, 0.5) is 0 Å². The van der Waals surface area contributed by atoms with Crippen LogP contribution in [0.2, 0.25) is 0 Å². The summed E-state index contributed by atoms with van der Waals surface area (Å²) in [5.41, 5.74) is 0.629. The molecule has 4 rings (SSSR count). The van der Waals surface area contributed by atoms with Crippen LogP contribution in [0.5, 0.6) is 0 Å². The Morgan fingerprint density at radius 1 is 1.17 bits per heavy atom. The summed E-state index contributed by atoms with van der Waals surface area (Å²) in [6.07, 6.45) is 0. The Morgan fingerprint density at radius 2 is 1.87 bits per heavy atom. The van der Waals surface area contributed by atoms with Crippen LogP contribution in [0.1, 0.15) is 5.56 Å². The number of sulfonamides is 1. The van der Waals surface area contributed by atoms with Gasteiger partial charge in [-0.1, -0.05) is 12.1 Å². The van der Waals surface area contributed by atoms with E-state index in [0.29, 0.717) is 50.8 Å². The van der Waals surface area contributed by atoms with Crippen LogP contribution in [0.3, 0.4) is 0 Å². The average molecular weight is 335 g/mol. The number of hydrogen-bond donors (Lipinski definition) is 0. The largest absolute Gasteiger partial charge is 0.378 e. The topological polar surface area (TPSA) is 79.3 Å². The van der Waals surface area contributed by atoms with Gasteiger partial charge in [0.25, 0.3) is 10.0 Å². The Kier molecular flexibility index (Phi) is 3.38. The smallest absolute Gasteiger partial charge is 0.285 e. The number of carbonyl (C=O) groups is 1. The third-order valence-electron chi connectivity index (χ3n) is 4.47. The van der Waals surface area contributed by atoms with Crippen molar-refractivity contribution in [3.63, 3.8) is 0 Å². The number of ether oxygens (including phenoxy) is 1. The number of morpholine rings is 1. The highest BCUT2D eigenvalue weighted by Gasteiger charge is 2.41. The van der Waals surface area contributed by atoms with Crippen molar-refractivity contribution < 1.29 is 17.9 Å². The van der Waals surface area contributed by atoms with E-state index in [1.54, 1.807) is 24.3 Å². The fourth-order valence-electron chi connectivity index (χ4n) is 3.17. The molecule has 7 nitrogen and oxygen atoms in total. The SMILES string of the molecule is O=C(C1CN(C2=NS(=O)(=O)c3ccccc32)C1)N1CCOCC1. The Balaban J connectivity index is 1.47. The van der Waals surface area contributed by atoms with Crippen LogP contribution >= 0.6 is 0 Å². The number of rotatable bonds is 1. The highest BCUT2D eigenvalue weighted by Crippen LogP contribution is 2.31. The maximum absolute atomic E-state index is 12.4. The van der Waals surface area contributed by atoms with E-state index < -0.39 is 10.0 Å². The second-order valence-electron chi connectivity index (χ2n) is 5.93. The van der Waals surface area contributed by atoms with Crippen molar-refractivity contribution in [1.29, 1.82) is 0 Å². The Morgan fingerprint density at radius 3 is 2.61 bits per heavy atom. The van der Waals surface area contributed by atoms with Crippen molar-refractivity contribution in [3.05, 3.63) is 29.8 Å². The van der Waals surface area contributed by atoms with Gasteiger partial charge in [-0.05, 0) is 12.1 Å². The zero-order chi connectivity index (χ0) is 16.0. The molecule has 0 atom stereocenters. The minimum atomic E-state index is -3.60. The second kappa shape index (κ2) is 5.31. The first-order valence-corrected chi connectivity index (χ1v) is 9.06. The van der Waals surface area contributed by atoms with Gasteiger partial charge < -0.3 is 14.5 Å². The second-order valence-corrected chi connectivity index (χ2v) is 7.50. The quantitative estimate of drug-likeness (QED) is 0.718. The number of hydrogen-bond acceptors (Lipinski definition) is 5. The van der Waals surface area contributed by atoms with Crippen molar-refractivity contribution in [1.82, 2.24) is 9.80 Å². The monoisotopic (exact) mass is 335 g/mol. The molecule has 23 heavy (non-hydrogen) atoms. The molecule has 3 aliphatic heterocycles. The standard InChI is InChI=1S/C15H17N3O4S/c19-15(17-5-7-22-8-6-17)11-9-18(10-11)14-12-3-1-2-4-13(12)23(20,21)16-14/h1-4,11H,5-10H2. The summed E-state index contributed by atoms with van der Waals surface area (Å²) in [6, 6.07) is 6.81. The lowest BCUT2D eigenvalue weighted by Crippen LogP contribution is -2.57. The van der Waals surface area contributed by atoms with Crippen LogP contribution in [0.25, 0.3) is 0 Å². The molecule has 122 valence electrons. The van der Waals surface area contributed by atoms with Crippen molar-refractivity contribution in [2.24, 2.45) is 10.3 Å². The summed E-state index contributed by atoms with van der Waals surface area (Å²) >= 11 is 0. The maximum atomic E-state index is 12.4. The first-order valence-electron chi connectivity index (χ1n) is 7.62. The zero-order valence-electron chi connectivity index (χ0n) is 12.5. The first kappa shape index (κ1) is 14.6. The van der Waals surface area contributed by atoms with E-state index in [0.717, 1.165) is 0 Å². The molecule has 0 bridgehead atoms. The number of benzene rings is 1. The molecule has 0 saturated carbocycles. The molecule has 0 aliphatic carbocycles. The molecule has 1 aromatic carbocycles. The van der Waals surface area contributed by atoms with Gasteiger partial charge in [0.15, 0.2) is 5.84 Å². The van der Waals surface area contributed by atoms with Gasteiger partial charge in [0, 0.05) is 31.7 Å². The van der Waals surface area contributed by atoms with E-state index in [1.807, 2.05) is 9.80 Å². The Hall–Kier alpha value is -1.93. The van der Waals surface area contributed by atoms with Gasteiger partial charge in [0.1, 0.15) is 4.90 Å². The van der Waals surface area contributed by atoms with Crippen LogP contribution < -0.4 is 0 Å². The van der Waals surface area contributed by atoms with Crippen LogP contribution in [0, 0.1) is 5.92 Å². The lowest BCUT2D eigenvalue weighted by molar-refractivity contribution is -0.143. The summed E-state index contributed by atoms with van der Waals surface area (Å²) in [6.45, 7) is 3.46. The van der Waals surface area contributed by atoms with Crippen LogP contribution in [-0.2, 0) is 19.6 Å². The zero-order valence-corrected chi connectivity index (χ0v) is 13.3. The molecular formula is C15H17N3O4S. The Bertz CT molecular complexity index is 778. The molecule has 2 saturated heterocycles. The molecule has 0 unspecified atom stereocenters. The molecular weight excluding hydrogens is 318 g/mol. The fourth-order valence-corrected chi connectivity index (χ4v) is 4.39. The number of amides is 1. The molecule has 8 heteroatoms. The summed E-state index contributed by atoms with van der Waals surface area (Å²) in [4.78, 5) is 16.3. The van der Waals surface area contributed by atoms with Gasteiger partial charge in [0.2, 0.25) is 5.91 Å². The van der Waals surface area contributed by atoms with Gasteiger partial charge in [-0.2, -0.15) is 8.42 Å². The molecule has 0 N–H and O–H groups in total. The lowest BCUT2D eigenvalue weighted by Gasteiger charge is -2.42. The summed E-state index contributed by atoms with van der Waals surface area (Å²) in [5.74, 6) is 0.497. The molecule has 0 radical (unpaired) electrons. The maximum Gasteiger partial charge on any atom is 0.285 e. The number of carbonyl (C=O) groups excluding carboxylic acids is 1. The highest BCUT2D eigenvalue weighted by atomic mass is 32.2. The highest BCUT2D eigenvalue weighted by molar-refractivity contribution is 7.90. The minimum absolute atomic E-state index is 0.0914. The van der Waals surface area contributed by atoms with Gasteiger partial charge >= 0.3 is 0 Å². The predicted octanol–water partition coefficient (Wildman–Crippen LogP) is -0.0739. The van der Waals surface area contributed by atoms with E-state index in [2.05, 4.69) is 4.40 Å². The van der Waals surface area contributed by atoms with Crippen molar-refractivity contribution >= 4 is 21.8 Å². The molecule has 2 fully saturated rings. The van der Waals surface area contributed by atoms with E-state index in [9.17, 15) is 13.2 Å². The third kappa shape index (κ3) is 2.42. The molecule has 1 amide bonds. The van der Waals surface area contributed by atoms with Gasteiger partial charge in [-0.3, -0.25) is 4.79 Å². The van der Waals surface area contributed by atoms with Crippen LogP contribution in [0.15, 0.2) is 33.6 Å². The molecule has 0 spiro atoms. The van der Waals surface area contributed by atoms with E-state index in [4.69, 9.17) is 4.74 Å². The first-order chi connectivity index (χ1) is 11.1. The summed E-state index contributed by atoms with van der Waals surface area (Å²) in [5, 5.41) is 0. The number of nitrogens with zero attached hydrogens (tertiary/aromatic N) is 3. The number of fused-ring (bicyclic) bond motifs is 1. The summed E-state index contributed by atoms with van der Waals surface area (Å²) in [7, 11) is -3.60. The van der Waals surface area contributed by atoms with Crippen LogP contribution in [-0.4, -0.2) is 69.4 Å². The molecule has 3 aliphatic rings. The fraction of sp³-hybridized carbons (Fsp3) is 0.467. The normalized spacial score (nSPS) is 23.2. The van der Waals surface area contributed by atoms with E-state index in [-0.39, 0.29) is 16.7 Å². The van der Waals surface area contributed by atoms with E-state index in [1.165, 1.54) is 0 Å². The molecule has 0 aromatic heterocycles. The van der Waals surface area contributed by atoms with Gasteiger partial charge in [-0.15, -0.1) is 4.40 Å². The van der Waals surface area contributed by atoms with Gasteiger partial charge in [-0.25, -0.2) is 0 Å². The van der Waals surface area contributed by atoms with Gasteiger partial charge in [0.05, 0.1) is 19.1 Å². The van der Waals surface area contributed by atoms with Crippen molar-refractivity contribution in [3.8, 4) is 0 Å². The summed E-state index contributed by atoms with van der Waals surface area (Å²) < 4.78 is 33.3. The predicted molar refractivity (Wildman–Crippen MR) is 82.6 cm³/mol. The number of amidine groups is 1. The van der Waals surface area contributed by atoms with E-state index >= 15 is 0 Å².